The lowest BCUT2D eigenvalue weighted by Crippen LogP contribution is -2.29. The van der Waals surface area contributed by atoms with Crippen molar-refractivity contribution in [2.24, 2.45) is 0 Å². The maximum absolute atomic E-state index is 5.91. The van der Waals surface area contributed by atoms with Gasteiger partial charge >= 0.3 is 0 Å². The SMILES string of the molecule is Cc1cc([C@@H]2[C@@H](c3ccccn3)NC(=S)N2c2ccc(C(C)C)cc2)c(C)n1-c1ccccn1. The maximum atomic E-state index is 5.91. The molecule has 3 aromatic heterocycles. The maximum Gasteiger partial charge on any atom is 0.174 e. The third-order valence-electron chi connectivity index (χ3n) is 6.60. The fourth-order valence-corrected chi connectivity index (χ4v) is 5.24. The van der Waals surface area contributed by atoms with Crippen LogP contribution in [0.1, 0.15) is 60.1 Å². The number of thiocarbonyl (C=S) groups is 1. The number of nitrogens with zero attached hydrogens (tertiary/aromatic N) is 4. The van der Waals surface area contributed by atoms with Gasteiger partial charge < -0.3 is 14.8 Å². The summed E-state index contributed by atoms with van der Waals surface area (Å²) in [5.41, 5.74) is 6.86. The van der Waals surface area contributed by atoms with E-state index in [4.69, 9.17) is 12.2 Å². The number of rotatable bonds is 5. The van der Waals surface area contributed by atoms with Gasteiger partial charge in [-0.15, -0.1) is 0 Å². The average Bonchev–Trinajstić information content (AvgIpc) is 3.35. The predicted molar refractivity (Wildman–Crippen MR) is 142 cm³/mol. The highest BCUT2D eigenvalue weighted by atomic mass is 32.1. The number of pyridine rings is 2. The van der Waals surface area contributed by atoms with E-state index in [1.807, 2.05) is 42.7 Å². The highest BCUT2D eigenvalue weighted by Gasteiger charge is 2.42. The molecule has 0 unspecified atom stereocenters. The molecule has 0 saturated carbocycles. The summed E-state index contributed by atoms with van der Waals surface area (Å²) in [6.45, 7) is 8.71. The number of aromatic nitrogens is 3. The van der Waals surface area contributed by atoms with Gasteiger partial charge in [0.25, 0.3) is 0 Å². The highest BCUT2D eigenvalue weighted by molar-refractivity contribution is 7.80. The molecule has 34 heavy (non-hydrogen) atoms. The van der Waals surface area contributed by atoms with E-state index in [0.29, 0.717) is 11.0 Å². The molecule has 0 spiro atoms. The summed E-state index contributed by atoms with van der Waals surface area (Å²) in [4.78, 5) is 11.5. The first-order chi connectivity index (χ1) is 16.5. The van der Waals surface area contributed by atoms with Crippen molar-refractivity contribution >= 4 is 23.0 Å². The zero-order valence-corrected chi connectivity index (χ0v) is 20.8. The Morgan fingerprint density at radius 1 is 0.912 bits per heavy atom. The van der Waals surface area contributed by atoms with Crippen LogP contribution in [0.5, 0.6) is 0 Å². The Morgan fingerprint density at radius 3 is 2.24 bits per heavy atom. The zero-order chi connectivity index (χ0) is 23.8. The van der Waals surface area contributed by atoms with Crippen LogP contribution < -0.4 is 10.2 Å². The third-order valence-corrected chi connectivity index (χ3v) is 6.92. The molecule has 2 atom stereocenters. The van der Waals surface area contributed by atoms with Crippen molar-refractivity contribution in [2.75, 3.05) is 4.90 Å². The topological polar surface area (TPSA) is 46.0 Å². The van der Waals surface area contributed by atoms with Crippen LogP contribution in [0.4, 0.5) is 5.69 Å². The summed E-state index contributed by atoms with van der Waals surface area (Å²) < 4.78 is 2.21. The van der Waals surface area contributed by atoms with Crippen molar-refractivity contribution in [2.45, 2.75) is 45.7 Å². The summed E-state index contributed by atoms with van der Waals surface area (Å²) >= 11 is 5.91. The molecule has 4 aromatic rings. The zero-order valence-electron chi connectivity index (χ0n) is 19.9. The van der Waals surface area contributed by atoms with Gasteiger partial charge in [0.1, 0.15) is 5.82 Å². The lowest BCUT2D eigenvalue weighted by atomic mass is 9.96. The molecule has 1 aliphatic heterocycles. The Hall–Kier alpha value is -3.51. The van der Waals surface area contributed by atoms with Crippen molar-refractivity contribution in [3.63, 3.8) is 0 Å². The van der Waals surface area contributed by atoms with Crippen LogP contribution in [0.25, 0.3) is 5.82 Å². The van der Waals surface area contributed by atoms with Gasteiger partial charge in [-0.1, -0.05) is 38.1 Å². The van der Waals surface area contributed by atoms with Crippen molar-refractivity contribution in [1.82, 2.24) is 19.9 Å². The van der Waals surface area contributed by atoms with Crippen LogP contribution in [0.3, 0.4) is 0 Å². The Bertz CT molecular complexity index is 1300. The summed E-state index contributed by atoms with van der Waals surface area (Å²) in [5.74, 6) is 1.39. The van der Waals surface area contributed by atoms with Gasteiger partial charge in [0.2, 0.25) is 0 Å². The fraction of sp³-hybridized carbons (Fsp3) is 0.250. The molecule has 5 rings (SSSR count). The van der Waals surface area contributed by atoms with Crippen molar-refractivity contribution in [1.29, 1.82) is 0 Å². The third kappa shape index (κ3) is 3.88. The van der Waals surface area contributed by atoms with Crippen LogP contribution in [0, 0.1) is 13.8 Å². The fourth-order valence-electron chi connectivity index (χ4n) is 4.89. The first kappa shape index (κ1) is 22.3. The Kier molecular flexibility index (Phi) is 5.92. The van der Waals surface area contributed by atoms with E-state index in [9.17, 15) is 0 Å². The second kappa shape index (κ2) is 9.03. The first-order valence-electron chi connectivity index (χ1n) is 11.7. The largest absolute Gasteiger partial charge is 0.351 e. The number of aryl methyl sites for hydroxylation is 1. The minimum Gasteiger partial charge on any atom is -0.351 e. The molecule has 0 amide bonds. The van der Waals surface area contributed by atoms with Gasteiger partial charge in [0, 0.05) is 29.5 Å². The average molecular weight is 468 g/mol. The van der Waals surface area contributed by atoms with Gasteiger partial charge in [-0.3, -0.25) is 4.98 Å². The first-order valence-corrected chi connectivity index (χ1v) is 12.1. The second-order valence-corrected chi connectivity index (χ2v) is 9.48. The van der Waals surface area contributed by atoms with Crippen LogP contribution in [-0.4, -0.2) is 19.6 Å². The molecule has 1 N–H and O–H groups in total. The molecule has 5 nitrogen and oxygen atoms in total. The highest BCUT2D eigenvalue weighted by Crippen LogP contribution is 2.43. The van der Waals surface area contributed by atoms with Crippen LogP contribution >= 0.6 is 12.2 Å². The van der Waals surface area contributed by atoms with E-state index in [1.165, 1.54) is 11.1 Å². The standard InChI is InChI=1S/C28H29N5S/c1-18(2)21-11-13-22(14-12-21)33-27(26(31-28(33)34)24-9-5-7-15-29-24)23-17-19(3)32(20(23)4)25-10-6-8-16-30-25/h5-18,26-27H,1-4H3,(H,31,34)/t26-,27-/m1/s1. The van der Waals surface area contributed by atoms with Crippen LogP contribution in [-0.2, 0) is 0 Å². The lowest BCUT2D eigenvalue weighted by molar-refractivity contribution is 0.565. The minimum absolute atomic E-state index is 0.0454. The van der Waals surface area contributed by atoms with E-state index in [0.717, 1.165) is 28.6 Å². The predicted octanol–water partition coefficient (Wildman–Crippen LogP) is 6.18. The monoisotopic (exact) mass is 467 g/mol. The summed E-state index contributed by atoms with van der Waals surface area (Å²) in [5, 5.41) is 4.28. The molecule has 1 aromatic carbocycles. The molecule has 172 valence electrons. The van der Waals surface area contributed by atoms with Crippen molar-refractivity contribution in [3.05, 3.63) is 107 Å². The van der Waals surface area contributed by atoms with E-state index in [-0.39, 0.29) is 12.1 Å². The summed E-state index contributed by atoms with van der Waals surface area (Å²) in [7, 11) is 0. The number of benzene rings is 1. The summed E-state index contributed by atoms with van der Waals surface area (Å²) in [6.07, 6.45) is 3.67. The van der Waals surface area contributed by atoms with Gasteiger partial charge in [0.05, 0.1) is 17.8 Å². The van der Waals surface area contributed by atoms with Crippen molar-refractivity contribution < 1.29 is 0 Å². The quantitative estimate of drug-likeness (QED) is 0.355. The minimum atomic E-state index is -0.0730. The van der Waals surface area contributed by atoms with Gasteiger partial charge in [-0.2, -0.15) is 0 Å². The molecular weight excluding hydrogens is 438 g/mol. The second-order valence-electron chi connectivity index (χ2n) is 9.09. The normalized spacial score (nSPS) is 17.9. The Balaban J connectivity index is 1.65. The van der Waals surface area contributed by atoms with E-state index < -0.39 is 0 Å². The molecule has 1 fully saturated rings. The van der Waals surface area contributed by atoms with Gasteiger partial charge in [-0.05, 0) is 85.6 Å². The molecule has 0 aliphatic carbocycles. The van der Waals surface area contributed by atoms with Crippen molar-refractivity contribution in [3.8, 4) is 5.82 Å². The number of hydrogen-bond donors (Lipinski definition) is 1. The number of nitrogens with one attached hydrogen (secondary N) is 1. The summed E-state index contributed by atoms with van der Waals surface area (Å²) in [6, 6.07) is 22.9. The molecule has 6 heteroatoms. The Morgan fingerprint density at radius 2 is 1.62 bits per heavy atom. The lowest BCUT2D eigenvalue weighted by Gasteiger charge is -2.28. The number of hydrogen-bond acceptors (Lipinski definition) is 3. The molecule has 0 radical (unpaired) electrons. The van der Waals surface area contributed by atoms with E-state index in [2.05, 4.69) is 88.8 Å². The van der Waals surface area contributed by atoms with Gasteiger partial charge in [0.15, 0.2) is 5.11 Å². The molecule has 4 heterocycles. The molecule has 1 saturated heterocycles. The van der Waals surface area contributed by atoms with Crippen LogP contribution in [0.2, 0.25) is 0 Å². The molecule has 1 aliphatic rings. The van der Waals surface area contributed by atoms with E-state index >= 15 is 0 Å². The molecule has 0 bridgehead atoms. The van der Waals surface area contributed by atoms with Crippen LogP contribution in [0.15, 0.2) is 79.1 Å². The van der Waals surface area contributed by atoms with E-state index in [1.54, 1.807) is 0 Å². The Labute approximate surface area is 206 Å². The molecular formula is C28H29N5S. The van der Waals surface area contributed by atoms with Gasteiger partial charge in [-0.25, -0.2) is 4.98 Å². The smallest absolute Gasteiger partial charge is 0.174 e. The number of anilines is 1.